The first-order valence-electron chi connectivity index (χ1n) is 4.80. The van der Waals surface area contributed by atoms with Crippen LogP contribution in [0.1, 0.15) is 6.92 Å². The molecule has 0 bridgehead atoms. The Kier molecular flexibility index (Phi) is 3.34. The van der Waals surface area contributed by atoms with Crippen LogP contribution in [0.3, 0.4) is 0 Å². The highest BCUT2D eigenvalue weighted by molar-refractivity contribution is 8.00. The van der Waals surface area contributed by atoms with Gasteiger partial charge in [0.25, 0.3) is 0 Å². The molecule has 0 spiro atoms. The molecule has 0 aliphatic heterocycles. The molecule has 0 saturated carbocycles. The minimum atomic E-state index is -0.407. The number of amides is 1. The molecule has 0 radical (unpaired) electrons. The van der Waals surface area contributed by atoms with Gasteiger partial charge in [-0.2, -0.15) is 0 Å². The smallest absolute Gasteiger partial charge is 0.230 e. The Morgan fingerprint density at radius 3 is 2.94 bits per heavy atom. The van der Waals surface area contributed by atoms with Gasteiger partial charge in [-0.05, 0) is 18.4 Å². The fourth-order valence-electron chi connectivity index (χ4n) is 1.15. The second-order valence-corrected chi connectivity index (χ2v) is 5.57. The lowest BCUT2D eigenvalue weighted by molar-refractivity contribution is -0.117. The first kappa shape index (κ1) is 11.9. The summed E-state index contributed by atoms with van der Waals surface area (Å²) in [5.41, 5.74) is 5.18. The summed E-state index contributed by atoms with van der Waals surface area (Å²) in [6.45, 7) is 1.70. The van der Waals surface area contributed by atoms with Crippen LogP contribution < -0.4 is 11.6 Å². The maximum Gasteiger partial charge on any atom is 0.230 e. The second-order valence-electron chi connectivity index (χ2n) is 3.32. The molecule has 17 heavy (non-hydrogen) atoms. The third kappa shape index (κ3) is 2.42. The number of thioether (sulfide) groups is 1. The summed E-state index contributed by atoms with van der Waals surface area (Å²) in [7, 11) is 0. The van der Waals surface area contributed by atoms with Crippen molar-refractivity contribution >= 4 is 29.0 Å². The number of primary amides is 1. The third-order valence-electron chi connectivity index (χ3n) is 2.09. The van der Waals surface area contributed by atoms with Gasteiger partial charge in [-0.1, -0.05) is 17.8 Å². The summed E-state index contributed by atoms with van der Waals surface area (Å²) in [6, 6.07) is 3.82. The van der Waals surface area contributed by atoms with Gasteiger partial charge in [-0.25, -0.2) is 4.68 Å². The molecule has 0 saturated heterocycles. The molecule has 0 aromatic carbocycles. The SMILES string of the molecule is C[C@H](Sc1nnc(-c2cccs2)n1N)C(N)=O. The topological polar surface area (TPSA) is 99.8 Å². The van der Waals surface area contributed by atoms with E-state index in [-0.39, 0.29) is 0 Å². The number of thiophene rings is 1. The molecular formula is C9H11N5OS2. The zero-order valence-corrected chi connectivity index (χ0v) is 10.7. The van der Waals surface area contributed by atoms with E-state index in [0.29, 0.717) is 11.0 Å². The predicted octanol–water partition coefficient (Wildman–Crippen LogP) is 0.686. The normalized spacial score (nSPS) is 12.5. The molecule has 0 aliphatic carbocycles. The largest absolute Gasteiger partial charge is 0.369 e. The van der Waals surface area contributed by atoms with Crippen LogP contribution in [0.4, 0.5) is 0 Å². The van der Waals surface area contributed by atoms with Crippen molar-refractivity contribution in [3.8, 4) is 10.7 Å². The van der Waals surface area contributed by atoms with Crippen molar-refractivity contribution in [2.24, 2.45) is 5.73 Å². The summed E-state index contributed by atoms with van der Waals surface area (Å²) in [5, 5.41) is 9.95. The number of rotatable bonds is 4. The van der Waals surface area contributed by atoms with Gasteiger partial charge in [-0.15, -0.1) is 21.5 Å². The van der Waals surface area contributed by atoms with E-state index in [2.05, 4.69) is 10.2 Å². The molecule has 0 unspecified atom stereocenters. The van der Waals surface area contributed by atoms with E-state index in [0.717, 1.165) is 4.88 Å². The van der Waals surface area contributed by atoms with E-state index in [1.807, 2.05) is 17.5 Å². The standard InChI is InChI=1S/C9H11N5OS2/c1-5(7(10)15)17-9-13-12-8(14(9)11)6-3-2-4-16-6/h2-5H,11H2,1H3,(H2,10,15)/t5-/m0/s1. The number of nitrogens with two attached hydrogens (primary N) is 2. The van der Waals surface area contributed by atoms with E-state index in [1.54, 1.807) is 6.92 Å². The molecule has 2 aromatic rings. The van der Waals surface area contributed by atoms with Gasteiger partial charge in [0.2, 0.25) is 11.1 Å². The number of hydrogen-bond donors (Lipinski definition) is 2. The summed E-state index contributed by atoms with van der Waals surface area (Å²) in [6.07, 6.45) is 0. The maximum atomic E-state index is 11.0. The zero-order valence-electron chi connectivity index (χ0n) is 9.03. The lowest BCUT2D eigenvalue weighted by Gasteiger charge is -2.05. The molecule has 4 N–H and O–H groups in total. The lowest BCUT2D eigenvalue weighted by atomic mass is 10.4. The Hall–Kier alpha value is -1.54. The lowest BCUT2D eigenvalue weighted by Crippen LogP contribution is -2.23. The Labute approximate surface area is 106 Å². The Morgan fingerprint density at radius 1 is 1.59 bits per heavy atom. The zero-order chi connectivity index (χ0) is 12.4. The van der Waals surface area contributed by atoms with Crippen LogP contribution in [0.5, 0.6) is 0 Å². The molecule has 90 valence electrons. The molecule has 1 atom stereocenters. The Balaban J connectivity index is 2.24. The number of aromatic nitrogens is 3. The van der Waals surface area contributed by atoms with Crippen molar-refractivity contribution in [1.29, 1.82) is 0 Å². The van der Waals surface area contributed by atoms with Gasteiger partial charge in [0.1, 0.15) is 0 Å². The van der Waals surface area contributed by atoms with Crippen LogP contribution in [0.25, 0.3) is 10.7 Å². The quantitative estimate of drug-likeness (QED) is 0.628. The fourth-order valence-corrected chi connectivity index (χ4v) is 2.57. The van der Waals surface area contributed by atoms with Crippen LogP contribution in [0.2, 0.25) is 0 Å². The fraction of sp³-hybridized carbons (Fsp3) is 0.222. The van der Waals surface area contributed by atoms with E-state index >= 15 is 0 Å². The van der Waals surface area contributed by atoms with E-state index in [4.69, 9.17) is 11.6 Å². The number of nitrogens with zero attached hydrogens (tertiary/aromatic N) is 3. The Morgan fingerprint density at radius 2 is 2.35 bits per heavy atom. The van der Waals surface area contributed by atoms with Crippen molar-refractivity contribution < 1.29 is 4.79 Å². The van der Waals surface area contributed by atoms with Crippen molar-refractivity contribution in [3.05, 3.63) is 17.5 Å². The predicted molar refractivity (Wildman–Crippen MR) is 68.0 cm³/mol. The highest BCUT2D eigenvalue weighted by Gasteiger charge is 2.18. The number of nitrogen functional groups attached to an aromatic ring is 1. The van der Waals surface area contributed by atoms with Crippen molar-refractivity contribution in [1.82, 2.24) is 14.9 Å². The van der Waals surface area contributed by atoms with Crippen LogP contribution in [0, 0.1) is 0 Å². The van der Waals surface area contributed by atoms with Crippen molar-refractivity contribution in [3.63, 3.8) is 0 Å². The maximum absolute atomic E-state index is 11.0. The average Bonchev–Trinajstić information content (AvgIpc) is 2.89. The minimum Gasteiger partial charge on any atom is -0.369 e. The molecule has 6 nitrogen and oxygen atoms in total. The van der Waals surface area contributed by atoms with E-state index < -0.39 is 11.2 Å². The monoisotopic (exact) mass is 269 g/mol. The van der Waals surface area contributed by atoms with Crippen LogP contribution in [0.15, 0.2) is 22.7 Å². The van der Waals surface area contributed by atoms with Gasteiger partial charge in [0.15, 0.2) is 5.82 Å². The van der Waals surface area contributed by atoms with Crippen LogP contribution >= 0.6 is 23.1 Å². The molecule has 1 amide bonds. The number of carbonyl (C=O) groups excluding carboxylic acids is 1. The third-order valence-corrected chi connectivity index (χ3v) is 4.03. The van der Waals surface area contributed by atoms with Crippen molar-refractivity contribution in [2.75, 3.05) is 5.84 Å². The molecule has 2 aromatic heterocycles. The molecule has 2 heterocycles. The van der Waals surface area contributed by atoms with E-state index in [1.165, 1.54) is 27.8 Å². The van der Waals surface area contributed by atoms with Crippen molar-refractivity contribution in [2.45, 2.75) is 17.3 Å². The highest BCUT2D eigenvalue weighted by Crippen LogP contribution is 2.26. The van der Waals surface area contributed by atoms with Gasteiger partial charge in [-0.3, -0.25) is 4.79 Å². The van der Waals surface area contributed by atoms with Gasteiger partial charge >= 0.3 is 0 Å². The van der Waals surface area contributed by atoms with Gasteiger partial charge in [0.05, 0.1) is 10.1 Å². The molecule has 0 aliphatic rings. The number of hydrogen-bond acceptors (Lipinski definition) is 6. The first-order valence-corrected chi connectivity index (χ1v) is 6.56. The summed E-state index contributed by atoms with van der Waals surface area (Å²) >= 11 is 2.72. The molecular weight excluding hydrogens is 258 g/mol. The van der Waals surface area contributed by atoms with Crippen LogP contribution in [-0.2, 0) is 4.79 Å². The highest BCUT2D eigenvalue weighted by atomic mass is 32.2. The second kappa shape index (κ2) is 4.76. The van der Waals surface area contributed by atoms with Gasteiger partial charge in [0, 0.05) is 0 Å². The molecule has 0 fully saturated rings. The summed E-state index contributed by atoms with van der Waals surface area (Å²) in [5.74, 6) is 6.04. The first-order chi connectivity index (χ1) is 8.09. The molecule has 2 rings (SSSR count). The van der Waals surface area contributed by atoms with E-state index in [9.17, 15) is 4.79 Å². The Bertz CT molecular complexity index is 521. The number of carbonyl (C=O) groups is 1. The summed E-state index contributed by atoms with van der Waals surface area (Å²) < 4.78 is 1.37. The summed E-state index contributed by atoms with van der Waals surface area (Å²) in [4.78, 5) is 11.9. The van der Waals surface area contributed by atoms with Gasteiger partial charge < -0.3 is 11.6 Å². The van der Waals surface area contributed by atoms with Crippen LogP contribution in [-0.4, -0.2) is 26.0 Å². The minimum absolute atomic E-state index is 0.391. The molecule has 8 heteroatoms. The average molecular weight is 269 g/mol.